The maximum atomic E-state index is 11.6. The molecular weight excluding hydrogens is 342 g/mol. The number of amides is 1. The highest BCUT2D eigenvalue weighted by Crippen LogP contribution is 2.22. The minimum absolute atomic E-state index is 0.241. The van der Waals surface area contributed by atoms with E-state index in [0.717, 1.165) is 3.57 Å². The SMILES string of the molecule is O=C(Nc1ccc(Cl)cc1I)c1cn[nH]n1. The van der Waals surface area contributed by atoms with Crippen molar-refractivity contribution in [3.05, 3.63) is 38.7 Å². The van der Waals surface area contributed by atoms with E-state index in [1.807, 2.05) is 0 Å². The lowest BCUT2D eigenvalue weighted by Crippen LogP contribution is -2.13. The van der Waals surface area contributed by atoms with Gasteiger partial charge in [0.1, 0.15) is 0 Å². The predicted octanol–water partition coefficient (Wildman–Crippen LogP) is 2.31. The smallest absolute Gasteiger partial charge is 0.277 e. The summed E-state index contributed by atoms with van der Waals surface area (Å²) in [7, 11) is 0. The molecule has 0 atom stereocenters. The fraction of sp³-hybridized carbons (Fsp3) is 0. The first-order valence-corrected chi connectivity index (χ1v) is 5.74. The second-order valence-corrected chi connectivity index (χ2v) is 4.53. The van der Waals surface area contributed by atoms with E-state index in [9.17, 15) is 4.79 Å². The van der Waals surface area contributed by atoms with E-state index >= 15 is 0 Å². The number of anilines is 1. The van der Waals surface area contributed by atoms with Gasteiger partial charge in [-0.05, 0) is 40.8 Å². The summed E-state index contributed by atoms with van der Waals surface area (Å²) in [4.78, 5) is 11.6. The monoisotopic (exact) mass is 348 g/mol. The van der Waals surface area contributed by atoms with Crippen LogP contribution in [-0.2, 0) is 0 Å². The van der Waals surface area contributed by atoms with Gasteiger partial charge in [0, 0.05) is 8.59 Å². The minimum Gasteiger partial charge on any atom is -0.320 e. The molecule has 2 N–H and O–H groups in total. The number of nitrogens with one attached hydrogen (secondary N) is 2. The first kappa shape index (κ1) is 11.3. The van der Waals surface area contributed by atoms with E-state index < -0.39 is 0 Å². The maximum absolute atomic E-state index is 11.6. The van der Waals surface area contributed by atoms with Crippen LogP contribution in [0.3, 0.4) is 0 Å². The van der Waals surface area contributed by atoms with Gasteiger partial charge < -0.3 is 5.32 Å². The molecule has 7 heteroatoms. The van der Waals surface area contributed by atoms with Gasteiger partial charge in [-0.25, -0.2) is 0 Å². The number of aromatic nitrogens is 3. The first-order chi connectivity index (χ1) is 7.66. The predicted molar refractivity (Wildman–Crippen MR) is 68.5 cm³/mol. The van der Waals surface area contributed by atoms with Gasteiger partial charge in [0.25, 0.3) is 5.91 Å². The Labute approximate surface area is 110 Å². The molecule has 16 heavy (non-hydrogen) atoms. The van der Waals surface area contributed by atoms with Gasteiger partial charge >= 0.3 is 0 Å². The number of H-pyrrole nitrogens is 1. The van der Waals surface area contributed by atoms with Gasteiger partial charge in [-0.2, -0.15) is 15.4 Å². The molecule has 0 aliphatic rings. The lowest BCUT2D eigenvalue weighted by Gasteiger charge is -2.05. The maximum Gasteiger partial charge on any atom is 0.277 e. The largest absolute Gasteiger partial charge is 0.320 e. The summed E-state index contributed by atoms with van der Waals surface area (Å²) >= 11 is 7.90. The van der Waals surface area contributed by atoms with Crippen LogP contribution in [0.4, 0.5) is 5.69 Å². The Bertz CT molecular complexity index is 514. The third-order valence-electron chi connectivity index (χ3n) is 1.83. The van der Waals surface area contributed by atoms with Crippen molar-refractivity contribution in [1.82, 2.24) is 15.4 Å². The van der Waals surface area contributed by atoms with Crippen LogP contribution in [0.2, 0.25) is 5.02 Å². The van der Waals surface area contributed by atoms with E-state index in [2.05, 4.69) is 43.3 Å². The number of benzene rings is 1. The fourth-order valence-corrected chi connectivity index (χ4v) is 2.09. The van der Waals surface area contributed by atoms with Crippen LogP contribution in [0.15, 0.2) is 24.4 Å². The summed E-state index contributed by atoms with van der Waals surface area (Å²) in [6, 6.07) is 5.21. The number of rotatable bonds is 2. The number of aromatic amines is 1. The highest BCUT2D eigenvalue weighted by molar-refractivity contribution is 14.1. The van der Waals surface area contributed by atoms with Crippen molar-refractivity contribution in [3.63, 3.8) is 0 Å². The lowest BCUT2D eigenvalue weighted by molar-refractivity contribution is 0.102. The molecule has 2 rings (SSSR count). The Morgan fingerprint density at radius 2 is 2.31 bits per heavy atom. The van der Waals surface area contributed by atoms with Crippen LogP contribution in [0.25, 0.3) is 0 Å². The first-order valence-electron chi connectivity index (χ1n) is 4.29. The Hall–Kier alpha value is -1.15. The van der Waals surface area contributed by atoms with Crippen LogP contribution < -0.4 is 5.32 Å². The molecule has 0 unspecified atom stereocenters. The average Bonchev–Trinajstić information content (AvgIpc) is 2.75. The highest BCUT2D eigenvalue weighted by atomic mass is 127. The molecular formula is C9H6ClIN4O. The van der Waals surface area contributed by atoms with Crippen molar-refractivity contribution < 1.29 is 4.79 Å². The highest BCUT2D eigenvalue weighted by Gasteiger charge is 2.10. The molecule has 1 heterocycles. The van der Waals surface area contributed by atoms with Crippen molar-refractivity contribution in [3.8, 4) is 0 Å². The average molecular weight is 349 g/mol. The van der Waals surface area contributed by atoms with Crippen LogP contribution in [0.1, 0.15) is 10.5 Å². The number of hydrogen-bond donors (Lipinski definition) is 2. The van der Waals surface area contributed by atoms with Gasteiger partial charge in [0.15, 0.2) is 5.69 Å². The normalized spacial score (nSPS) is 10.1. The zero-order chi connectivity index (χ0) is 11.5. The Morgan fingerprint density at radius 1 is 1.50 bits per heavy atom. The molecule has 5 nitrogen and oxygen atoms in total. The van der Waals surface area contributed by atoms with E-state index in [0.29, 0.717) is 10.7 Å². The van der Waals surface area contributed by atoms with Crippen molar-refractivity contribution >= 4 is 45.8 Å². The Morgan fingerprint density at radius 3 is 2.94 bits per heavy atom. The van der Waals surface area contributed by atoms with Crippen molar-refractivity contribution in [2.75, 3.05) is 5.32 Å². The van der Waals surface area contributed by atoms with Gasteiger partial charge in [-0.15, -0.1) is 0 Å². The van der Waals surface area contributed by atoms with Crippen molar-refractivity contribution in [2.24, 2.45) is 0 Å². The van der Waals surface area contributed by atoms with Gasteiger partial charge in [0.05, 0.1) is 11.9 Å². The molecule has 0 aliphatic carbocycles. The third-order valence-corrected chi connectivity index (χ3v) is 2.95. The molecule has 0 spiro atoms. The molecule has 0 fully saturated rings. The molecule has 2 aromatic rings. The van der Waals surface area contributed by atoms with Gasteiger partial charge in [0.2, 0.25) is 0 Å². The zero-order valence-electron chi connectivity index (χ0n) is 7.87. The standard InChI is InChI=1S/C9H6ClIN4O/c10-5-1-2-7(6(11)3-5)13-9(16)8-4-12-15-14-8/h1-4H,(H,13,16)(H,12,14,15). The van der Waals surface area contributed by atoms with Crippen LogP contribution >= 0.6 is 34.2 Å². The zero-order valence-corrected chi connectivity index (χ0v) is 10.8. The van der Waals surface area contributed by atoms with Crippen molar-refractivity contribution in [2.45, 2.75) is 0 Å². The van der Waals surface area contributed by atoms with Crippen LogP contribution in [0.5, 0.6) is 0 Å². The van der Waals surface area contributed by atoms with E-state index in [4.69, 9.17) is 11.6 Å². The second-order valence-electron chi connectivity index (χ2n) is 2.93. The van der Waals surface area contributed by atoms with E-state index in [1.165, 1.54) is 6.20 Å². The second kappa shape index (κ2) is 4.79. The molecule has 0 aliphatic heterocycles. The lowest BCUT2D eigenvalue weighted by atomic mass is 10.3. The van der Waals surface area contributed by atoms with E-state index in [-0.39, 0.29) is 11.6 Å². The molecule has 1 aromatic carbocycles. The fourth-order valence-electron chi connectivity index (χ4n) is 1.09. The summed E-state index contributed by atoms with van der Waals surface area (Å²) < 4.78 is 0.863. The quantitative estimate of drug-likeness (QED) is 0.818. The number of carbonyl (C=O) groups excluding carboxylic acids is 1. The Kier molecular flexibility index (Phi) is 3.39. The summed E-state index contributed by atoms with van der Waals surface area (Å²) in [5.74, 6) is -0.311. The Balaban J connectivity index is 2.18. The minimum atomic E-state index is -0.311. The molecule has 0 saturated carbocycles. The molecule has 0 radical (unpaired) electrons. The summed E-state index contributed by atoms with van der Waals surface area (Å²) in [6.07, 6.45) is 1.36. The van der Waals surface area contributed by atoms with Crippen LogP contribution in [-0.4, -0.2) is 21.3 Å². The molecule has 1 aromatic heterocycles. The topological polar surface area (TPSA) is 70.7 Å². The van der Waals surface area contributed by atoms with Crippen molar-refractivity contribution in [1.29, 1.82) is 0 Å². The summed E-state index contributed by atoms with van der Waals surface area (Å²) in [5.41, 5.74) is 0.934. The summed E-state index contributed by atoms with van der Waals surface area (Å²) in [5, 5.41) is 13.0. The number of hydrogen-bond acceptors (Lipinski definition) is 3. The summed E-state index contributed by atoms with van der Waals surface area (Å²) in [6.45, 7) is 0. The number of carbonyl (C=O) groups is 1. The van der Waals surface area contributed by atoms with Crippen LogP contribution in [0, 0.1) is 3.57 Å². The van der Waals surface area contributed by atoms with E-state index in [1.54, 1.807) is 18.2 Å². The molecule has 1 amide bonds. The third kappa shape index (κ3) is 2.50. The van der Waals surface area contributed by atoms with Gasteiger partial charge in [-0.3, -0.25) is 4.79 Å². The number of halogens is 2. The molecule has 82 valence electrons. The van der Waals surface area contributed by atoms with Gasteiger partial charge in [-0.1, -0.05) is 11.6 Å². The molecule has 0 bridgehead atoms. The number of nitrogens with zero attached hydrogens (tertiary/aromatic N) is 2. The molecule has 0 saturated heterocycles.